The van der Waals surface area contributed by atoms with Crippen LogP contribution in [0.2, 0.25) is 0 Å². The molecule has 1 aromatic carbocycles. The number of nitrogens with one attached hydrogen (secondary N) is 1. The monoisotopic (exact) mass is 299 g/mol. The summed E-state index contributed by atoms with van der Waals surface area (Å²) in [5.41, 5.74) is 1.25. The Hall–Kier alpha value is -0.540. The van der Waals surface area contributed by atoms with E-state index in [1.807, 2.05) is 6.07 Å². The van der Waals surface area contributed by atoms with Gasteiger partial charge in [-0.3, -0.25) is 0 Å². The van der Waals surface area contributed by atoms with E-state index >= 15 is 0 Å². The van der Waals surface area contributed by atoms with E-state index in [4.69, 9.17) is 4.74 Å². The topological polar surface area (TPSA) is 21.3 Å². The quantitative estimate of drug-likeness (QED) is 0.817. The highest BCUT2D eigenvalue weighted by Gasteiger charge is 2.07. The smallest absolute Gasteiger partial charge is 0.120 e. The van der Waals surface area contributed by atoms with Crippen molar-refractivity contribution in [2.24, 2.45) is 0 Å². The average Bonchev–Trinajstić information content (AvgIpc) is 2.36. The minimum atomic E-state index is 0.322. The molecule has 1 rings (SSSR count). The number of rotatable bonds is 7. The van der Waals surface area contributed by atoms with Crippen LogP contribution in [0.5, 0.6) is 5.75 Å². The minimum Gasteiger partial charge on any atom is -0.490 e. The Morgan fingerprint density at radius 3 is 2.53 bits per heavy atom. The van der Waals surface area contributed by atoms with Gasteiger partial charge in [0.1, 0.15) is 5.75 Å². The van der Waals surface area contributed by atoms with E-state index < -0.39 is 0 Å². The molecule has 0 heterocycles. The van der Waals surface area contributed by atoms with Crippen LogP contribution in [0.4, 0.5) is 0 Å². The molecule has 0 aliphatic carbocycles. The van der Waals surface area contributed by atoms with Crippen LogP contribution >= 0.6 is 15.9 Å². The van der Waals surface area contributed by atoms with Crippen LogP contribution in [0.1, 0.15) is 39.2 Å². The van der Waals surface area contributed by atoms with E-state index in [1.165, 1.54) is 5.56 Å². The summed E-state index contributed by atoms with van der Waals surface area (Å²) in [5.74, 6) is 0.967. The molecular weight excluding hydrogens is 278 g/mol. The van der Waals surface area contributed by atoms with Gasteiger partial charge in [0.05, 0.1) is 6.10 Å². The average molecular weight is 300 g/mol. The highest BCUT2D eigenvalue weighted by molar-refractivity contribution is 9.10. The van der Waals surface area contributed by atoms with Crippen LogP contribution < -0.4 is 10.1 Å². The van der Waals surface area contributed by atoms with Gasteiger partial charge < -0.3 is 10.1 Å². The summed E-state index contributed by atoms with van der Waals surface area (Å²) >= 11 is 3.57. The largest absolute Gasteiger partial charge is 0.490 e. The van der Waals surface area contributed by atoms with Crippen LogP contribution in [-0.4, -0.2) is 12.6 Å². The second-order valence-electron chi connectivity index (χ2n) is 4.09. The molecule has 0 atom stereocenters. The lowest BCUT2D eigenvalue weighted by molar-refractivity contribution is 0.192. The second-order valence-corrected chi connectivity index (χ2v) is 4.94. The molecule has 0 aliphatic rings. The normalized spacial score (nSPS) is 10.9. The Balaban J connectivity index is 2.73. The standard InChI is InChI=1S/C14H22BrNO/c1-4-12(5-2)17-13-7-8-14(15)11(9-13)10-16-6-3/h7-9,12,16H,4-6,10H2,1-3H3. The van der Waals surface area contributed by atoms with Crippen molar-refractivity contribution in [1.29, 1.82) is 0 Å². The third-order valence-corrected chi connectivity index (χ3v) is 3.57. The number of hydrogen-bond donors (Lipinski definition) is 1. The van der Waals surface area contributed by atoms with Crippen molar-refractivity contribution in [2.45, 2.75) is 46.3 Å². The van der Waals surface area contributed by atoms with Gasteiger partial charge in [0.25, 0.3) is 0 Å². The molecule has 1 N–H and O–H groups in total. The molecule has 0 bridgehead atoms. The summed E-state index contributed by atoms with van der Waals surface area (Å²) in [4.78, 5) is 0. The summed E-state index contributed by atoms with van der Waals surface area (Å²) in [7, 11) is 0. The van der Waals surface area contributed by atoms with Gasteiger partial charge >= 0.3 is 0 Å². The summed E-state index contributed by atoms with van der Waals surface area (Å²) < 4.78 is 7.07. The molecular formula is C14H22BrNO. The highest BCUT2D eigenvalue weighted by Crippen LogP contribution is 2.24. The van der Waals surface area contributed by atoms with Crippen molar-refractivity contribution in [3.63, 3.8) is 0 Å². The lowest BCUT2D eigenvalue weighted by atomic mass is 10.2. The van der Waals surface area contributed by atoms with Crippen LogP contribution in [-0.2, 0) is 6.54 Å². The zero-order valence-corrected chi connectivity index (χ0v) is 12.5. The second kappa shape index (κ2) is 7.72. The van der Waals surface area contributed by atoms with E-state index in [-0.39, 0.29) is 0 Å². The molecule has 1 aromatic rings. The Morgan fingerprint density at radius 1 is 1.24 bits per heavy atom. The summed E-state index contributed by atoms with van der Waals surface area (Å²) in [6, 6.07) is 6.20. The molecule has 0 saturated carbocycles. The first-order valence-corrected chi connectivity index (χ1v) is 7.16. The van der Waals surface area contributed by atoms with Crippen LogP contribution in [0.3, 0.4) is 0 Å². The third-order valence-electron chi connectivity index (χ3n) is 2.80. The molecule has 2 nitrogen and oxygen atoms in total. The van der Waals surface area contributed by atoms with Crippen molar-refractivity contribution in [3.8, 4) is 5.75 Å². The fraction of sp³-hybridized carbons (Fsp3) is 0.571. The maximum atomic E-state index is 5.94. The Bertz CT molecular complexity index is 337. The van der Waals surface area contributed by atoms with Gasteiger partial charge in [0, 0.05) is 11.0 Å². The predicted molar refractivity (Wildman–Crippen MR) is 76.5 cm³/mol. The maximum absolute atomic E-state index is 5.94. The van der Waals surface area contributed by atoms with Crippen molar-refractivity contribution < 1.29 is 4.74 Å². The molecule has 17 heavy (non-hydrogen) atoms. The van der Waals surface area contributed by atoms with Gasteiger partial charge in [-0.2, -0.15) is 0 Å². The molecule has 0 fully saturated rings. The Kier molecular flexibility index (Phi) is 6.60. The minimum absolute atomic E-state index is 0.322. The molecule has 0 spiro atoms. The van der Waals surface area contributed by atoms with Gasteiger partial charge in [0.15, 0.2) is 0 Å². The van der Waals surface area contributed by atoms with Gasteiger partial charge in [-0.1, -0.05) is 36.7 Å². The Morgan fingerprint density at radius 2 is 1.94 bits per heavy atom. The zero-order chi connectivity index (χ0) is 12.7. The highest BCUT2D eigenvalue weighted by atomic mass is 79.9. The molecule has 3 heteroatoms. The molecule has 0 aliphatic heterocycles. The maximum Gasteiger partial charge on any atom is 0.120 e. The summed E-state index contributed by atoms with van der Waals surface area (Å²) in [6.45, 7) is 8.28. The van der Waals surface area contributed by atoms with Gasteiger partial charge in [-0.05, 0) is 43.1 Å². The molecule has 0 aromatic heterocycles. The van der Waals surface area contributed by atoms with E-state index in [0.29, 0.717) is 6.10 Å². The van der Waals surface area contributed by atoms with Crippen LogP contribution in [0.25, 0.3) is 0 Å². The first kappa shape index (κ1) is 14.5. The van der Waals surface area contributed by atoms with E-state index in [1.54, 1.807) is 0 Å². The Labute approximate surface area is 113 Å². The van der Waals surface area contributed by atoms with E-state index in [0.717, 1.165) is 36.2 Å². The molecule has 0 radical (unpaired) electrons. The number of hydrogen-bond acceptors (Lipinski definition) is 2. The van der Waals surface area contributed by atoms with Gasteiger partial charge in [0.2, 0.25) is 0 Å². The number of halogens is 1. The lowest BCUT2D eigenvalue weighted by Crippen LogP contribution is -2.15. The first-order chi connectivity index (χ1) is 8.21. The predicted octanol–water partition coefficient (Wildman–Crippen LogP) is 4.13. The fourth-order valence-corrected chi connectivity index (χ4v) is 2.05. The number of ether oxygens (including phenoxy) is 1. The SMILES string of the molecule is CCNCc1cc(OC(CC)CC)ccc1Br. The van der Waals surface area contributed by atoms with Gasteiger partial charge in [-0.25, -0.2) is 0 Å². The van der Waals surface area contributed by atoms with Crippen molar-refractivity contribution in [1.82, 2.24) is 5.32 Å². The van der Waals surface area contributed by atoms with Crippen LogP contribution in [0.15, 0.2) is 22.7 Å². The van der Waals surface area contributed by atoms with Gasteiger partial charge in [-0.15, -0.1) is 0 Å². The van der Waals surface area contributed by atoms with Crippen LogP contribution in [0, 0.1) is 0 Å². The number of benzene rings is 1. The zero-order valence-electron chi connectivity index (χ0n) is 10.9. The fourth-order valence-electron chi connectivity index (χ4n) is 1.67. The van der Waals surface area contributed by atoms with Crippen molar-refractivity contribution in [2.75, 3.05) is 6.54 Å². The molecule has 96 valence electrons. The first-order valence-electron chi connectivity index (χ1n) is 6.37. The third kappa shape index (κ3) is 4.68. The van der Waals surface area contributed by atoms with E-state index in [2.05, 4.69) is 54.2 Å². The molecule has 0 unspecified atom stereocenters. The summed E-state index contributed by atoms with van der Waals surface area (Å²) in [5, 5.41) is 3.33. The molecule has 0 saturated heterocycles. The van der Waals surface area contributed by atoms with Crippen molar-refractivity contribution in [3.05, 3.63) is 28.2 Å². The molecule has 0 amide bonds. The van der Waals surface area contributed by atoms with E-state index in [9.17, 15) is 0 Å². The van der Waals surface area contributed by atoms with Crippen molar-refractivity contribution >= 4 is 15.9 Å². The lowest BCUT2D eigenvalue weighted by Gasteiger charge is -2.17. The summed E-state index contributed by atoms with van der Waals surface area (Å²) in [6.07, 6.45) is 2.42.